The highest BCUT2D eigenvalue weighted by Gasteiger charge is 2.44. The summed E-state index contributed by atoms with van der Waals surface area (Å²) in [4.78, 5) is 13.2. The fourth-order valence-electron chi connectivity index (χ4n) is 3.81. The van der Waals surface area contributed by atoms with E-state index in [1.54, 1.807) is 6.92 Å². The van der Waals surface area contributed by atoms with Crippen LogP contribution in [-0.4, -0.2) is 19.2 Å². The van der Waals surface area contributed by atoms with Gasteiger partial charge in [-0.1, -0.05) is 63.4 Å². The Bertz CT molecular complexity index is 626. The highest BCUT2D eigenvalue weighted by atomic mass is 16.6. The molecule has 0 N–H and O–H groups in total. The first-order chi connectivity index (χ1) is 11.9. The predicted molar refractivity (Wildman–Crippen MR) is 99.8 cm³/mol. The smallest absolute Gasteiger partial charge is 0.356 e. The third kappa shape index (κ3) is 4.25. The standard InChI is InChI=1S/C22H30O3/c1-6-14-22(24-5,18-10-8-7-9-11-18)21(23)25-20-15-17(4)12-13-19(20)16(2)3/h7-11,16-17,19-20H,12-13,15H2,1-5H3/t17-,19+,20-,22+/m0/s1. The van der Waals surface area contributed by atoms with Gasteiger partial charge in [0, 0.05) is 12.7 Å². The van der Waals surface area contributed by atoms with Crippen LogP contribution in [-0.2, 0) is 19.9 Å². The molecule has 1 aromatic carbocycles. The zero-order valence-corrected chi connectivity index (χ0v) is 16.0. The van der Waals surface area contributed by atoms with Crippen molar-refractivity contribution in [3.8, 4) is 11.8 Å². The van der Waals surface area contributed by atoms with Crippen LogP contribution in [0.1, 0.15) is 52.5 Å². The Morgan fingerprint density at radius 1 is 1.24 bits per heavy atom. The molecule has 0 bridgehead atoms. The van der Waals surface area contributed by atoms with E-state index >= 15 is 0 Å². The van der Waals surface area contributed by atoms with Crippen LogP contribution in [0.15, 0.2) is 30.3 Å². The van der Waals surface area contributed by atoms with E-state index in [1.165, 1.54) is 13.5 Å². The molecular weight excluding hydrogens is 312 g/mol. The number of methoxy groups -OCH3 is 1. The van der Waals surface area contributed by atoms with Gasteiger partial charge in [-0.15, -0.1) is 5.92 Å². The zero-order chi connectivity index (χ0) is 18.4. The summed E-state index contributed by atoms with van der Waals surface area (Å²) < 4.78 is 11.7. The number of carbonyl (C=O) groups excluding carboxylic acids is 1. The first-order valence-electron chi connectivity index (χ1n) is 9.20. The Morgan fingerprint density at radius 3 is 2.48 bits per heavy atom. The quantitative estimate of drug-likeness (QED) is 0.581. The molecule has 1 aliphatic rings. The van der Waals surface area contributed by atoms with Crippen molar-refractivity contribution < 1.29 is 14.3 Å². The maximum absolute atomic E-state index is 13.2. The van der Waals surface area contributed by atoms with Gasteiger partial charge in [-0.25, -0.2) is 4.79 Å². The van der Waals surface area contributed by atoms with E-state index in [-0.39, 0.29) is 6.10 Å². The van der Waals surface area contributed by atoms with Gasteiger partial charge in [-0.2, -0.15) is 0 Å². The molecule has 1 saturated carbocycles. The lowest BCUT2D eigenvalue weighted by molar-refractivity contribution is -0.175. The average Bonchev–Trinajstić information content (AvgIpc) is 2.60. The van der Waals surface area contributed by atoms with Crippen LogP contribution in [0.5, 0.6) is 0 Å². The number of esters is 1. The average molecular weight is 342 g/mol. The maximum atomic E-state index is 13.2. The third-order valence-corrected chi connectivity index (χ3v) is 5.29. The summed E-state index contributed by atoms with van der Waals surface area (Å²) in [6.45, 7) is 8.34. The molecule has 0 aliphatic heterocycles. The lowest BCUT2D eigenvalue weighted by Crippen LogP contribution is -2.44. The Balaban J connectivity index is 2.31. The largest absolute Gasteiger partial charge is 0.459 e. The molecular formula is C22H30O3. The number of hydrogen-bond donors (Lipinski definition) is 0. The van der Waals surface area contributed by atoms with Crippen molar-refractivity contribution in [1.82, 2.24) is 0 Å². The summed E-state index contributed by atoms with van der Waals surface area (Å²) in [7, 11) is 1.52. The van der Waals surface area contributed by atoms with Crippen LogP contribution in [0.4, 0.5) is 0 Å². The van der Waals surface area contributed by atoms with Crippen molar-refractivity contribution in [1.29, 1.82) is 0 Å². The van der Waals surface area contributed by atoms with E-state index in [0.29, 0.717) is 23.3 Å². The Hall–Kier alpha value is -1.79. The van der Waals surface area contributed by atoms with Crippen LogP contribution in [0, 0.1) is 29.6 Å². The van der Waals surface area contributed by atoms with Gasteiger partial charge in [0.2, 0.25) is 0 Å². The maximum Gasteiger partial charge on any atom is 0.356 e. The highest BCUT2D eigenvalue weighted by Crippen LogP contribution is 2.37. The van der Waals surface area contributed by atoms with Crippen molar-refractivity contribution in [3.63, 3.8) is 0 Å². The molecule has 3 nitrogen and oxygen atoms in total. The van der Waals surface area contributed by atoms with Crippen LogP contribution in [0.25, 0.3) is 0 Å². The van der Waals surface area contributed by atoms with Crippen molar-refractivity contribution in [2.24, 2.45) is 17.8 Å². The molecule has 136 valence electrons. The number of carbonyl (C=O) groups is 1. The first kappa shape index (κ1) is 19.5. The summed E-state index contributed by atoms with van der Waals surface area (Å²) in [6, 6.07) is 9.39. The van der Waals surface area contributed by atoms with E-state index in [9.17, 15) is 4.79 Å². The molecule has 4 atom stereocenters. The van der Waals surface area contributed by atoms with E-state index < -0.39 is 11.6 Å². The Labute approximate surface area is 152 Å². The molecule has 1 aromatic rings. The zero-order valence-electron chi connectivity index (χ0n) is 16.0. The normalized spacial score (nSPS) is 25.6. The summed E-state index contributed by atoms with van der Waals surface area (Å²) in [6.07, 6.45) is 3.12. The molecule has 0 saturated heterocycles. The van der Waals surface area contributed by atoms with Crippen molar-refractivity contribution in [2.75, 3.05) is 7.11 Å². The topological polar surface area (TPSA) is 35.5 Å². The number of ether oxygens (including phenoxy) is 2. The lowest BCUT2D eigenvalue weighted by Gasteiger charge is -2.38. The Morgan fingerprint density at radius 2 is 1.92 bits per heavy atom. The van der Waals surface area contributed by atoms with Gasteiger partial charge in [-0.3, -0.25) is 0 Å². The molecule has 0 spiro atoms. The monoisotopic (exact) mass is 342 g/mol. The van der Waals surface area contributed by atoms with E-state index in [0.717, 1.165) is 12.8 Å². The van der Waals surface area contributed by atoms with Crippen molar-refractivity contribution in [2.45, 2.75) is 58.7 Å². The van der Waals surface area contributed by atoms with Gasteiger partial charge in [0.15, 0.2) is 0 Å². The molecule has 0 unspecified atom stereocenters. The summed E-state index contributed by atoms with van der Waals surface area (Å²) in [5.41, 5.74) is -0.653. The van der Waals surface area contributed by atoms with Gasteiger partial charge >= 0.3 is 5.97 Å². The molecule has 0 amide bonds. The fraction of sp³-hybridized carbons (Fsp3) is 0.591. The second-order valence-electron chi connectivity index (χ2n) is 7.40. The molecule has 25 heavy (non-hydrogen) atoms. The second-order valence-corrected chi connectivity index (χ2v) is 7.40. The minimum atomic E-state index is -1.36. The number of rotatable bonds is 5. The lowest BCUT2D eigenvalue weighted by atomic mass is 9.75. The van der Waals surface area contributed by atoms with Gasteiger partial charge in [-0.05, 0) is 37.5 Å². The van der Waals surface area contributed by atoms with E-state index in [1.807, 2.05) is 30.3 Å². The molecule has 0 heterocycles. The van der Waals surface area contributed by atoms with Crippen LogP contribution in [0.2, 0.25) is 0 Å². The second kappa shape index (κ2) is 8.54. The van der Waals surface area contributed by atoms with Gasteiger partial charge in [0.05, 0.1) is 0 Å². The third-order valence-electron chi connectivity index (χ3n) is 5.29. The van der Waals surface area contributed by atoms with Gasteiger partial charge in [0.1, 0.15) is 6.10 Å². The summed E-state index contributed by atoms with van der Waals surface area (Å²) in [5.74, 6) is 6.84. The predicted octanol–water partition coefficient (Wildman–Crippen LogP) is 4.56. The van der Waals surface area contributed by atoms with Crippen LogP contribution in [0.3, 0.4) is 0 Å². The Kier molecular flexibility index (Phi) is 6.67. The molecule has 0 aromatic heterocycles. The van der Waals surface area contributed by atoms with Gasteiger partial charge in [0.25, 0.3) is 5.60 Å². The molecule has 3 heteroatoms. The number of hydrogen-bond acceptors (Lipinski definition) is 3. The van der Waals surface area contributed by atoms with Crippen molar-refractivity contribution in [3.05, 3.63) is 35.9 Å². The molecule has 2 rings (SSSR count). The minimum absolute atomic E-state index is 0.0758. The van der Waals surface area contributed by atoms with E-state index in [4.69, 9.17) is 9.47 Å². The first-order valence-corrected chi connectivity index (χ1v) is 9.20. The summed E-state index contributed by atoms with van der Waals surface area (Å²) in [5, 5.41) is 0. The van der Waals surface area contributed by atoms with Gasteiger partial charge < -0.3 is 9.47 Å². The molecule has 1 fully saturated rings. The number of benzene rings is 1. The fourth-order valence-corrected chi connectivity index (χ4v) is 3.81. The molecule has 1 aliphatic carbocycles. The van der Waals surface area contributed by atoms with Crippen LogP contribution < -0.4 is 0 Å². The van der Waals surface area contributed by atoms with E-state index in [2.05, 4.69) is 32.6 Å². The van der Waals surface area contributed by atoms with Crippen LogP contribution >= 0.6 is 0 Å². The molecule has 0 radical (unpaired) electrons. The van der Waals surface area contributed by atoms with Crippen molar-refractivity contribution >= 4 is 5.97 Å². The summed E-state index contributed by atoms with van der Waals surface area (Å²) >= 11 is 0. The SMILES string of the molecule is CC#C[C@](OC)(C(=O)O[C@H]1C[C@@H](C)CC[C@@H]1C(C)C)c1ccccc1. The highest BCUT2D eigenvalue weighted by molar-refractivity contribution is 5.85. The minimum Gasteiger partial charge on any atom is -0.459 e.